The third-order valence-electron chi connectivity index (χ3n) is 4.44. The van der Waals surface area contributed by atoms with Crippen LogP contribution in [-0.4, -0.2) is 53.3 Å². The molecule has 3 heterocycles. The lowest BCUT2D eigenvalue weighted by Gasteiger charge is -2.37. The molecule has 1 aromatic heterocycles. The summed E-state index contributed by atoms with van der Waals surface area (Å²) in [5.41, 5.74) is -1.18. The zero-order valence-corrected chi connectivity index (χ0v) is 20.9. The van der Waals surface area contributed by atoms with Crippen LogP contribution in [0.3, 0.4) is 0 Å². The van der Waals surface area contributed by atoms with Crippen molar-refractivity contribution in [3.8, 4) is 0 Å². The molecule has 166 valence electrons. The maximum atomic E-state index is 12.7. The topological polar surface area (TPSA) is 84.4 Å². The number of carbonyl (C=O) groups is 1. The van der Waals surface area contributed by atoms with E-state index in [1.165, 1.54) is 0 Å². The summed E-state index contributed by atoms with van der Waals surface area (Å²) in [6.45, 7) is 10.4. The number of amides is 1. The normalized spacial score (nSPS) is 23.3. The number of ether oxygens (including phenoxy) is 3. The van der Waals surface area contributed by atoms with Crippen molar-refractivity contribution >= 4 is 56.5 Å². The van der Waals surface area contributed by atoms with Gasteiger partial charge in [-0.3, -0.25) is 9.89 Å². The van der Waals surface area contributed by atoms with Gasteiger partial charge >= 0.3 is 6.09 Å². The first-order chi connectivity index (χ1) is 13.9. The number of carbonyl (C=O) groups excluding carboxylic acids is 1. The highest BCUT2D eigenvalue weighted by Crippen LogP contribution is 2.34. The minimum atomic E-state index is -0.612. The van der Waals surface area contributed by atoms with Gasteiger partial charge in [0.05, 0.1) is 18.6 Å². The zero-order chi connectivity index (χ0) is 22.1. The maximum Gasteiger partial charge on any atom is 0.415 e. The van der Waals surface area contributed by atoms with Crippen LogP contribution < -0.4 is 10.6 Å². The number of hydrogen-bond acceptors (Lipinski definition) is 7. The summed E-state index contributed by atoms with van der Waals surface area (Å²) < 4.78 is 17.3. The van der Waals surface area contributed by atoms with Crippen molar-refractivity contribution in [2.24, 2.45) is 4.99 Å². The molecular formula is C19H27BrN4O4S2. The first-order valence-corrected chi connectivity index (χ1v) is 11.7. The molecule has 0 aliphatic carbocycles. The Kier molecular flexibility index (Phi) is 7.08. The van der Waals surface area contributed by atoms with Crippen molar-refractivity contribution in [1.29, 1.82) is 0 Å². The van der Waals surface area contributed by atoms with Crippen LogP contribution in [0.25, 0.3) is 0 Å². The van der Waals surface area contributed by atoms with Gasteiger partial charge in [0.15, 0.2) is 11.4 Å². The molecule has 0 unspecified atom stereocenters. The highest BCUT2D eigenvalue weighted by Gasteiger charge is 2.37. The van der Waals surface area contributed by atoms with Crippen LogP contribution in [0.15, 0.2) is 20.9 Å². The fourth-order valence-electron chi connectivity index (χ4n) is 3.09. The number of thiophene rings is 1. The Balaban J connectivity index is 1.75. The molecule has 2 aliphatic heterocycles. The molecule has 2 aliphatic rings. The van der Waals surface area contributed by atoms with Gasteiger partial charge in [-0.15, -0.1) is 11.3 Å². The summed E-state index contributed by atoms with van der Waals surface area (Å²) in [4.78, 5) is 19.9. The molecule has 1 amide bonds. The van der Waals surface area contributed by atoms with Crippen molar-refractivity contribution in [2.75, 3.05) is 13.1 Å². The summed E-state index contributed by atoms with van der Waals surface area (Å²) in [5, 5.41) is 8.75. The predicted molar refractivity (Wildman–Crippen MR) is 124 cm³/mol. The Hall–Kier alpha value is -1.27. The first-order valence-electron chi connectivity index (χ1n) is 9.63. The number of halogens is 1. The molecule has 1 fully saturated rings. The fourth-order valence-corrected chi connectivity index (χ4v) is 4.96. The van der Waals surface area contributed by atoms with Crippen LogP contribution in [-0.2, 0) is 19.7 Å². The lowest BCUT2D eigenvalue weighted by Crippen LogP contribution is -2.57. The minimum Gasteiger partial charge on any atom is -0.443 e. The van der Waals surface area contributed by atoms with E-state index in [0.717, 1.165) is 9.35 Å². The van der Waals surface area contributed by atoms with Gasteiger partial charge in [-0.2, -0.15) is 0 Å². The molecule has 0 spiro atoms. The number of amidine groups is 1. The standard InChI is InChI=1S/C19H27BrN4O4S2/c1-11-26-16(27-11)22-15(29)23-19(5,13-8-12(20)10-30-13)9-14-21-6-7-24(14)17(25)28-18(2,3)4/h8,10-11,16H,6-7,9H2,1-5H3,(H2,22,23,29)/t11?,16?,19-/m0/s1. The van der Waals surface area contributed by atoms with E-state index in [4.69, 9.17) is 26.4 Å². The Morgan fingerprint density at radius 1 is 1.43 bits per heavy atom. The van der Waals surface area contributed by atoms with E-state index in [-0.39, 0.29) is 12.4 Å². The Labute approximate surface area is 194 Å². The molecule has 1 aromatic rings. The van der Waals surface area contributed by atoms with Crippen LogP contribution in [0.2, 0.25) is 0 Å². The molecule has 3 rings (SSSR count). The number of nitrogens with zero attached hydrogens (tertiary/aromatic N) is 2. The van der Waals surface area contributed by atoms with Crippen molar-refractivity contribution in [2.45, 2.75) is 64.9 Å². The minimum absolute atomic E-state index is 0.250. The molecule has 0 saturated carbocycles. The van der Waals surface area contributed by atoms with E-state index in [9.17, 15) is 4.79 Å². The lowest BCUT2D eigenvalue weighted by atomic mass is 9.94. The monoisotopic (exact) mass is 518 g/mol. The molecule has 8 nitrogen and oxygen atoms in total. The molecule has 2 N–H and O–H groups in total. The second kappa shape index (κ2) is 9.07. The summed E-state index contributed by atoms with van der Waals surface area (Å²) in [6, 6.07) is 2.03. The third kappa shape index (κ3) is 5.91. The highest BCUT2D eigenvalue weighted by atomic mass is 79.9. The fraction of sp³-hybridized carbons (Fsp3) is 0.632. The second-order valence-electron chi connectivity index (χ2n) is 8.34. The smallest absolute Gasteiger partial charge is 0.415 e. The molecule has 11 heteroatoms. The van der Waals surface area contributed by atoms with Gasteiger partial charge in [-0.25, -0.2) is 4.79 Å². The molecule has 0 bridgehead atoms. The number of rotatable bonds is 5. The van der Waals surface area contributed by atoms with Gasteiger partial charge in [0, 0.05) is 21.2 Å². The Morgan fingerprint density at radius 3 is 2.70 bits per heavy atom. The number of aliphatic imine (C=N–C) groups is 1. The van der Waals surface area contributed by atoms with Crippen LogP contribution in [0, 0.1) is 0 Å². The molecule has 1 atom stereocenters. The SMILES string of the molecule is CC1OC(NC(=S)N[C@@](C)(CC2=NCCN2C(=O)OC(C)(C)C)c2cc(Br)cs2)O1. The maximum absolute atomic E-state index is 12.7. The van der Waals surface area contributed by atoms with Gasteiger partial charge in [0.25, 0.3) is 0 Å². The van der Waals surface area contributed by atoms with Crippen molar-refractivity contribution in [3.63, 3.8) is 0 Å². The lowest BCUT2D eigenvalue weighted by molar-refractivity contribution is -0.381. The van der Waals surface area contributed by atoms with Gasteiger partial charge in [0.1, 0.15) is 11.4 Å². The van der Waals surface area contributed by atoms with Crippen molar-refractivity contribution in [1.82, 2.24) is 15.5 Å². The average Bonchev–Trinajstić information content (AvgIpc) is 3.21. The summed E-state index contributed by atoms with van der Waals surface area (Å²) >= 11 is 10.6. The molecule has 30 heavy (non-hydrogen) atoms. The third-order valence-corrected chi connectivity index (χ3v) is 6.61. The summed E-state index contributed by atoms with van der Waals surface area (Å²) in [7, 11) is 0. The van der Waals surface area contributed by atoms with E-state index >= 15 is 0 Å². The largest absolute Gasteiger partial charge is 0.443 e. The summed E-state index contributed by atoms with van der Waals surface area (Å²) in [6.07, 6.45) is -0.759. The number of nitrogens with one attached hydrogen (secondary N) is 2. The van der Waals surface area contributed by atoms with Gasteiger partial charge in [-0.1, -0.05) is 0 Å². The van der Waals surface area contributed by atoms with Crippen LogP contribution in [0.4, 0.5) is 4.79 Å². The Morgan fingerprint density at radius 2 is 2.13 bits per heavy atom. The van der Waals surface area contributed by atoms with Gasteiger partial charge < -0.3 is 24.8 Å². The van der Waals surface area contributed by atoms with Crippen LogP contribution >= 0.6 is 39.5 Å². The van der Waals surface area contributed by atoms with E-state index in [1.807, 2.05) is 46.1 Å². The molecular weight excluding hydrogens is 492 g/mol. The van der Waals surface area contributed by atoms with E-state index in [2.05, 4.69) is 31.6 Å². The Bertz CT molecular complexity index is 835. The molecule has 0 radical (unpaired) electrons. The van der Waals surface area contributed by atoms with Crippen LogP contribution in [0.5, 0.6) is 0 Å². The number of hydrogen-bond donors (Lipinski definition) is 2. The van der Waals surface area contributed by atoms with Crippen LogP contribution in [0.1, 0.15) is 45.9 Å². The van der Waals surface area contributed by atoms with Gasteiger partial charge in [-0.05, 0) is 68.8 Å². The predicted octanol–water partition coefficient (Wildman–Crippen LogP) is 3.91. The molecule has 0 aromatic carbocycles. The van der Waals surface area contributed by atoms with Gasteiger partial charge in [0.2, 0.25) is 6.41 Å². The molecule has 1 saturated heterocycles. The van der Waals surface area contributed by atoms with E-state index < -0.39 is 17.6 Å². The first kappa shape index (κ1) is 23.4. The van der Waals surface area contributed by atoms with Crippen molar-refractivity contribution < 1.29 is 19.0 Å². The summed E-state index contributed by atoms with van der Waals surface area (Å²) in [5.74, 6) is 0.663. The van der Waals surface area contributed by atoms with E-state index in [1.54, 1.807) is 16.2 Å². The second-order valence-corrected chi connectivity index (χ2v) is 10.6. The number of thiocarbonyl (C=S) groups is 1. The quantitative estimate of drug-likeness (QED) is 0.571. The average molecular weight is 519 g/mol. The van der Waals surface area contributed by atoms with Crippen molar-refractivity contribution in [3.05, 3.63) is 20.8 Å². The highest BCUT2D eigenvalue weighted by molar-refractivity contribution is 9.10. The zero-order valence-electron chi connectivity index (χ0n) is 17.7. The van der Waals surface area contributed by atoms with E-state index in [0.29, 0.717) is 30.5 Å².